The summed E-state index contributed by atoms with van der Waals surface area (Å²) in [5, 5.41) is 3.10. The third-order valence-corrected chi connectivity index (χ3v) is 3.96. The van der Waals surface area contributed by atoms with Gasteiger partial charge in [0.15, 0.2) is 11.5 Å². The highest BCUT2D eigenvalue weighted by atomic mass is 16.6. The Hall–Kier alpha value is -1.71. The van der Waals surface area contributed by atoms with Crippen LogP contribution in [0, 0.1) is 5.92 Å². The van der Waals surface area contributed by atoms with Crippen LogP contribution in [0.15, 0.2) is 18.2 Å². The van der Waals surface area contributed by atoms with Crippen molar-refractivity contribution in [2.75, 3.05) is 13.2 Å². The van der Waals surface area contributed by atoms with Crippen LogP contribution in [-0.2, 0) is 4.79 Å². The Labute approximate surface area is 119 Å². The van der Waals surface area contributed by atoms with Gasteiger partial charge in [-0.05, 0) is 30.0 Å². The maximum Gasteiger partial charge on any atom is 0.220 e. The van der Waals surface area contributed by atoms with Gasteiger partial charge in [-0.3, -0.25) is 4.79 Å². The monoisotopic (exact) mass is 275 g/mol. The quantitative estimate of drug-likeness (QED) is 0.922. The lowest BCUT2D eigenvalue weighted by atomic mass is 9.87. The average molecular weight is 275 g/mol. The van der Waals surface area contributed by atoms with Crippen LogP contribution in [0.25, 0.3) is 0 Å². The molecule has 1 saturated heterocycles. The Kier molecular flexibility index (Phi) is 3.55. The van der Waals surface area contributed by atoms with E-state index in [-0.39, 0.29) is 17.9 Å². The second kappa shape index (κ2) is 5.35. The molecule has 0 aromatic heterocycles. The van der Waals surface area contributed by atoms with Gasteiger partial charge in [0.1, 0.15) is 13.2 Å². The zero-order valence-corrected chi connectivity index (χ0v) is 12.0. The lowest BCUT2D eigenvalue weighted by Gasteiger charge is -2.23. The van der Waals surface area contributed by atoms with Crippen molar-refractivity contribution in [1.82, 2.24) is 5.32 Å². The molecule has 2 aliphatic heterocycles. The van der Waals surface area contributed by atoms with Gasteiger partial charge in [0.2, 0.25) is 5.91 Å². The van der Waals surface area contributed by atoms with Gasteiger partial charge in [-0.2, -0.15) is 0 Å². The number of benzene rings is 1. The number of ether oxygens (including phenoxy) is 2. The maximum atomic E-state index is 11.7. The van der Waals surface area contributed by atoms with Crippen molar-refractivity contribution in [2.24, 2.45) is 5.92 Å². The number of carbonyl (C=O) groups is 1. The van der Waals surface area contributed by atoms with E-state index < -0.39 is 0 Å². The highest BCUT2D eigenvalue weighted by Gasteiger charge is 2.34. The first kappa shape index (κ1) is 13.3. The minimum atomic E-state index is 0.149. The van der Waals surface area contributed by atoms with Crippen molar-refractivity contribution in [3.63, 3.8) is 0 Å². The number of hydrogen-bond acceptors (Lipinski definition) is 3. The molecule has 0 bridgehead atoms. The van der Waals surface area contributed by atoms with Crippen molar-refractivity contribution < 1.29 is 14.3 Å². The summed E-state index contributed by atoms with van der Waals surface area (Å²) in [5.74, 6) is 2.56. The SMILES string of the molecule is CC(C)CC1NC(=O)CC1c1ccc2c(c1)OCCO2. The second-order valence-corrected chi connectivity index (χ2v) is 6.02. The number of amides is 1. The van der Waals surface area contributed by atoms with Crippen molar-refractivity contribution >= 4 is 5.91 Å². The fourth-order valence-electron chi connectivity index (χ4n) is 3.08. The molecule has 2 unspecified atom stereocenters. The van der Waals surface area contributed by atoms with Gasteiger partial charge in [0, 0.05) is 18.4 Å². The summed E-state index contributed by atoms with van der Waals surface area (Å²) in [6.45, 7) is 5.57. The van der Waals surface area contributed by atoms with Crippen LogP contribution in [0.1, 0.15) is 38.2 Å². The molecule has 1 aromatic rings. The highest BCUT2D eigenvalue weighted by Crippen LogP contribution is 2.37. The molecule has 108 valence electrons. The summed E-state index contributed by atoms with van der Waals surface area (Å²) in [4.78, 5) is 11.7. The molecule has 2 heterocycles. The standard InChI is InChI=1S/C16H21NO3/c1-10(2)7-13-12(9-16(18)17-13)11-3-4-14-15(8-11)20-6-5-19-14/h3-4,8,10,12-13H,5-7,9H2,1-2H3,(H,17,18). The summed E-state index contributed by atoms with van der Waals surface area (Å²) in [6.07, 6.45) is 1.57. The summed E-state index contributed by atoms with van der Waals surface area (Å²) in [5.41, 5.74) is 1.17. The van der Waals surface area contributed by atoms with Crippen LogP contribution in [0.2, 0.25) is 0 Å². The van der Waals surface area contributed by atoms with E-state index in [9.17, 15) is 4.79 Å². The maximum absolute atomic E-state index is 11.7. The van der Waals surface area contributed by atoms with Crippen LogP contribution in [0.5, 0.6) is 11.5 Å². The molecule has 4 heteroatoms. The van der Waals surface area contributed by atoms with E-state index >= 15 is 0 Å². The molecule has 4 nitrogen and oxygen atoms in total. The molecule has 1 N–H and O–H groups in total. The Bertz CT molecular complexity index is 512. The number of rotatable bonds is 3. The number of carbonyl (C=O) groups excluding carboxylic acids is 1. The first-order chi connectivity index (χ1) is 9.63. The predicted molar refractivity (Wildman–Crippen MR) is 76.2 cm³/mol. The van der Waals surface area contributed by atoms with Crippen LogP contribution in [-0.4, -0.2) is 25.2 Å². The number of hydrogen-bond donors (Lipinski definition) is 1. The summed E-state index contributed by atoms with van der Waals surface area (Å²) >= 11 is 0. The molecule has 20 heavy (non-hydrogen) atoms. The van der Waals surface area contributed by atoms with Crippen LogP contribution < -0.4 is 14.8 Å². The topological polar surface area (TPSA) is 47.6 Å². The highest BCUT2D eigenvalue weighted by molar-refractivity contribution is 5.80. The molecule has 0 radical (unpaired) electrons. The molecule has 2 atom stereocenters. The number of nitrogens with one attached hydrogen (secondary N) is 1. The van der Waals surface area contributed by atoms with Gasteiger partial charge >= 0.3 is 0 Å². The molecule has 1 fully saturated rings. The van der Waals surface area contributed by atoms with E-state index in [0.29, 0.717) is 25.6 Å². The molecular formula is C16H21NO3. The fraction of sp³-hybridized carbons (Fsp3) is 0.562. The third-order valence-electron chi connectivity index (χ3n) is 3.96. The van der Waals surface area contributed by atoms with Crippen molar-refractivity contribution in [3.8, 4) is 11.5 Å². The largest absolute Gasteiger partial charge is 0.486 e. The van der Waals surface area contributed by atoms with Gasteiger partial charge in [-0.1, -0.05) is 19.9 Å². The van der Waals surface area contributed by atoms with Gasteiger partial charge in [-0.15, -0.1) is 0 Å². The van der Waals surface area contributed by atoms with Gasteiger partial charge in [0.05, 0.1) is 0 Å². The summed E-state index contributed by atoms with van der Waals surface area (Å²) < 4.78 is 11.2. The zero-order chi connectivity index (χ0) is 14.1. The minimum Gasteiger partial charge on any atom is -0.486 e. The Balaban J connectivity index is 1.85. The van der Waals surface area contributed by atoms with Crippen molar-refractivity contribution in [1.29, 1.82) is 0 Å². The molecule has 3 rings (SSSR count). The first-order valence-electron chi connectivity index (χ1n) is 7.32. The van der Waals surface area contributed by atoms with Crippen LogP contribution in [0.4, 0.5) is 0 Å². The predicted octanol–water partition coefficient (Wildman–Crippen LogP) is 2.48. The van der Waals surface area contributed by atoms with Crippen molar-refractivity contribution in [3.05, 3.63) is 23.8 Å². The van der Waals surface area contributed by atoms with E-state index in [0.717, 1.165) is 17.9 Å². The molecule has 0 spiro atoms. The second-order valence-electron chi connectivity index (χ2n) is 6.02. The first-order valence-corrected chi connectivity index (χ1v) is 7.32. The van der Waals surface area contributed by atoms with Crippen LogP contribution >= 0.6 is 0 Å². The summed E-state index contributed by atoms with van der Waals surface area (Å²) in [7, 11) is 0. The van der Waals surface area contributed by atoms with Crippen molar-refractivity contribution in [2.45, 2.75) is 38.6 Å². The molecule has 0 aliphatic carbocycles. The molecule has 0 saturated carbocycles. The lowest BCUT2D eigenvalue weighted by molar-refractivity contribution is -0.119. The molecule has 1 aromatic carbocycles. The van der Waals surface area contributed by atoms with Crippen LogP contribution in [0.3, 0.4) is 0 Å². The minimum absolute atomic E-state index is 0.149. The molecule has 2 aliphatic rings. The zero-order valence-electron chi connectivity index (χ0n) is 12.0. The van der Waals surface area contributed by atoms with E-state index in [4.69, 9.17) is 9.47 Å². The fourth-order valence-corrected chi connectivity index (χ4v) is 3.08. The molecular weight excluding hydrogens is 254 g/mol. The van der Waals surface area contributed by atoms with E-state index in [1.165, 1.54) is 5.56 Å². The number of fused-ring (bicyclic) bond motifs is 1. The average Bonchev–Trinajstić information content (AvgIpc) is 2.78. The van der Waals surface area contributed by atoms with E-state index in [2.05, 4.69) is 25.2 Å². The normalized spacial score (nSPS) is 24.9. The Morgan fingerprint density at radius 3 is 2.75 bits per heavy atom. The van der Waals surface area contributed by atoms with Gasteiger partial charge in [-0.25, -0.2) is 0 Å². The Morgan fingerprint density at radius 2 is 2.00 bits per heavy atom. The summed E-state index contributed by atoms with van der Waals surface area (Å²) in [6, 6.07) is 6.28. The lowest BCUT2D eigenvalue weighted by Crippen LogP contribution is -2.29. The van der Waals surface area contributed by atoms with E-state index in [1.807, 2.05) is 12.1 Å². The van der Waals surface area contributed by atoms with Gasteiger partial charge < -0.3 is 14.8 Å². The molecule has 1 amide bonds. The smallest absolute Gasteiger partial charge is 0.220 e. The van der Waals surface area contributed by atoms with E-state index in [1.54, 1.807) is 0 Å². The Morgan fingerprint density at radius 1 is 1.25 bits per heavy atom. The van der Waals surface area contributed by atoms with Gasteiger partial charge in [0.25, 0.3) is 0 Å². The third kappa shape index (κ3) is 2.60.